The topological polar surface area (TPSA) is 52.6 Å². The van der Waals surface area contributed by atoms with Gasteiger partial charge in [0.2, 0.25) is 0 Å². The predicted molar refractivity (Wildman–Crippen MR) is 77.8 cm³/mol. The van der Waals surface area contributed by atoms with Gasteiger partial charge in [-0.25, -0.2) is 0 Å². The van der Waals surface area contributed by atoms with Gasteiger partial charge < -0.3 is 10.4 Å². The minimum absolute atomic E-state index is 0.0788. The van der Waals surface area contributed by atoms with Crippen molar-refractivity contribution in [3.05, 3.63) is 21.9 Å². The van der Waals surface area contributed by atoms with E-state index >= 15 is 0 Å². The highest BCUT2D eigenvalue weighted by atomic mass is 32.1. The lowest BCUT2D eigenvalue weighted by Gasteiger charge is -2.31. The Morgan fingerprint density at radius 2 is 2.00 bits per heavy atom. The summed E-state index contributed by atoms with van der Waals surface area (Å²) in [6.07, 6.45) is 0. The maximum absolute atomic E-state index is 11.6. The summed E-state index contributed by atoms with van der Waals surface area (Å²) in [5.41, 5.74) is 0.0788. The molecule has 0 bridgehead atoms. The van der Waals surface area contributed by atoms with E-state index in [9.17, 15) is 9.90 Å². The lowest BCUT2D eigenvalue weighted by atomic mass is 9.95. The molecule has 2 N–H and O–H groups in total. The van der Waals surface area contributed by atoms with Gasteiger partial charge in [-0.3, -0.25) is 9.69 Å². The molecule has 5 heteroatoms. The first-order chi connectivity index (χ1) is 8.89. The molecule has 0 aliphatic carbocycles. The Kier molecular flexibility index (Phi) is 4.28. The van der Waals surface area contributed by atoms with Gasteiger partial charge in [-0.2, -0.15) is 0 Å². The summed E-state index contributed by atoms with van der Waals surface area (Å²) >= 11 is 1.63. The molecule has 1 unspecified atom stereocenters. The molecule has 0 spiro atoms. The maximum atomic E-state index is 11.6. The van der Waals surface area contributed by atoms with Gasteiger partial charge in [0.1, 0.15) is 6.04 Å². The van der Waals surface area contributed by atoms with E-state index in [1.165, 1.54) is 4.88 Å². The quantitative estimate of drug-likeness (QED) is 0.891. The Balaban J connectivity index is 2.24. The predicted octanol–water partition coefficient (Wildman–Crippen LogP) is 2.08. The molecule has 2 rings (SSSR count). The standard InChI is InChI=1S/C14H22N2O2S/c1-14(2,3)11-5-4-10(19-11)12(13(17)18)16-8-6-15-7-9-16/h4-5,12,15H,6-9H2,1-3H3,(H,17,18). The molecule has 2 heterocycles. The average molecular weight is 282 g/mol. The van der Waals surface area contributed by atoms with Crippen LogP contribution in [-0.2, 0) is 10.2 Å². The van der Waals surface area contributed by atoms with Gasteiger partial charge in [0.25, 0.3) is 0 Å². The van der Waals surface area contributed by atoms with E-state index in [0.29, 0.717) is 0 Å². The van der Waals surface area contributed by atoms with Crippen molar-refractivity contribution in [3.63, 3.8) is 0 Å². The molecule has 19 heavy (non-hydrogen) atoms. The highest BCUT2D eigenvalue weighted by Gasteiger charge is 2.30. The second kappa shape index (κ2) is 5.61. The van der Waals surface area contributed by atoms with Crippen molar-refractivity contribution in [1.82, 2.24) is 10.2 Å². The summed E-state index contributed by atoms with van der Waals surface area (Å²) in [6, 6.07) is 3.55. The maximum Gasteiger partial charge on any atom is 0.326 e. The zero-order chi connectivity index (χ0) is 14.0. The number of nitrogens with one attached hydrogen (secondary N) is 1. The van der Waals surface area contributed by atoms with E-state index in [0.717, 1.165) is 31.1 Å². The largest absolute Gasteiger partial charge is 0.480 e. The number of nitrogens with zero attached hydrogens (tertiary/aromatic N) is 1. The molecule has 4 nitrogen and oxygen atoms in total. The number of carboxylic acid groups (broad SMARTS) is 1. The summed E-state index contributed by atoms with van der Waals surface area (Å²) in [6.45, 7) is 9.78. The Hall–Kier alpha value is -0.910. The van der Waals surface area contributed by atoms with Crippen LogP contribution in [0.1, 0.15) is 36.6 Å². The highest BCUT2D eigenvalue weighted by Crippen LogP contribution is 2.34. The summed E-state index contributed by atoms with van der Waals surface area (Å²) in [4.78, 5) is 15.8. The van der Waals surface area contributed by atoms with Crippen LogP contribution in [0.5, 0.6) is 0 Å². The molecule has 106 valence electrons. The lowest BCUT2D eigenvalue weighted by molar-refractivity contribution is -0.143. The Bertz CT molecular complexity index is 445. The number of carbonyl (C=O) groups is 1. The summed E-state index contributed by atoms with van der Waals surface area (Å²) < 4.78 is 0. The van der Waals surface area contributed by atoms with Crippen LogP contribution in [0.25, 0.3) is 0 Å². The summed E-state index contributed by atoms with van der Waals surface area (Å²) in [7, 11) is 0. The molecule has 1 aliphatic rings. The molecule has 1 aromatic rings. The molecular weight excluding hydrogens is 260 g/mol. The molecular formula is C14H22N2O2S. The summed E-state index contributed by atoms with van der Waals surface area (Å²) in [5.74, 6) is -0.746. The molecule has 1 aromatic heterocycles. The Labute approximate surface area is 118 Å². The van der Waals surface area contributed by atoms with Crippen molar-refractivity contribution in [3.8, 4) is 0 Å². The van der Waals surface area contributed by atoms with Crippen molar-refractivity contribution in [2.45, 2.75) is 32.2 Å². The molecule has 0 saturated carbocycles. The fourth-order valence-corrected chi connectivity index (χ4v) is 3.49. The Morgan fingerprint density at radius 1 is 1.37 bits per heavy atom. The van der Waals surface area contributed by atoms with E-state index in [1.807, 2.05) is 6.07 Å². The van der Waals surface area contributed by atoms with Crippen LogP contribution in [0.4, 0.5) is 0 Å². The first-order valence-electron chi connectivity index (χ1n) is 6.67. The third-order valence-corrected chi connectivity index (χ3v) is 4.95. The average Bonchev–Trinajstić information content (AvgIpc) is 2.79. The molecule has 0 aromatic carbocycles. The van der Waals surface area contributed by atoms with Crippen LogP contribution in [0.2, 0.25) is 0 Å². The van der Waals surface area contributed by atoms with Crippen molar-refractivity contribution in [2.24, 2.45) is 0 Å². The highest BCUT2D eigenvalue weighted by molar-refractivity contribution is 7.12. The number of piperazine rings is 1. The van der Waals surface area contributed by atoms with Crippen LogP contribution in [0.15, 0.2) is 12.1 Å². The fraction of sp³-hybridized carbons (Fsp3) is 0.643. The van der Waals surface area contributed by atoms with Crippen molar-refractivity contribution < 1.29 is 9.90 Å². The second-order valence-corrected chi connectivity index (χ2v) is 7.09. The first-order valence-corrected chi connectivity index (χ1v) is 7.49. The number of thiophene rings is 1. The van der Waals surface area contributed by atoms with Crippen LogP contribution in [0, 0.1) is 0 Å². The van der Waals surface area contributed by atoms with Crippen LogP contribution in [0.3, 0.4) is 0 Å². The van der Waals surface area contributed by atoms with Crippen molar-refractivity contribution in [2.75, 3.05) is 26.2 Å². The van der Waals surface area contributed by atoms with Crippen molar-refractivity contribution >= 4 is 17.3 Å². The minimum Gasteiger partial charge on any atom is -0.480 e. The summed E-state index contributed by atoms with van der Waals surface area (Å²) in [5, 5.41) is 12.8. The van der Waals surface area contributed by atoms with Gasteiger partial charge in [0.05, 0.1) is 0 Å². The van der Waals surface area contributed by atoms with Gasteiger partial charge in [0, 0.05) is 35.9 Å². The van der Waals surface area contributed by atoms with Gasteiger partial charge >= 0.3 is 5.97 Å². The third-order valence-electron chi connectivity index (χ3n) is 3.39. The zero-order valence-electron chi connectivity index (χ0n) is 11.8. The number of aliphatic carboxylic acids is 1. The minimum atomic E-state index is -0.746. The second-order valence-electron chi connectivity index (χ2n) is 5.98. The van der Waals surface area contributed by atoms with Gasteiger partial charge in [-0.15, -0.1) is 11.3 Å². The lowest BCUT2D eigenvalue weighted by Crippen LogP contribution is -2.47. The Morgan fingerprint density at radius 3 is 2.47 bits per heavy atom. The molecule has 1 atom stereocenters. The van der Waals surface area contributed by atoms with Crippen LogP contribution < -0.4 is 5.32 Å². The number of carboxylic acids is 1. The first kappa shape index (κ1) is 14.5. The smallest absolute Gasteiger partial charge is 0.326 e. The normalized spacial score (nSPS) is 19.3. The van der Waals surface area contributed by atoms with Gasteiger partial charge in [-0.1, -0.05) is 20.8 Å². The van der Waals surface area contributed by atoms with Crippen molar-refractivity contribution in [1.29, 1.82) is 0 Å². The number of rotatable bonds is 3. The number of hydrogen-bond acceptors (Lipinski definition) is 4. The fourth-order valence-electron chi connectivity index (χ4n) is 2.30. The molecule has 0 amide bonds. The zero-order valence-corrected chi connectivity index (χ0v) is 12.6. The molecule has 1 saturated heterocycles. The van der Waals surface area contributed by atoms with E-state index in [1.54, 1.807) is 11.3 Å². The molecule has 0 radical (unpaired) electrons. The molecule has 1 aliphatic heterocycles. The van der Waals surface area contributed by atoms with Crippen LogP contribution in [-0.4, -0.2) is 42.2 Å². The molecule has 1 fully saturated rings. The van der Waals surface area contributed by atoms with E-state index in [-0.39, 0.29) is 5.41 Å². The number of hydrogen-bond donors (Lipinski definition) is 2. The van der Waals surface area contributed by atoms with Crippen LogP contribution >= 0.6 is 11.3 Å². The SMILES string of the molecule is CC(C)(C)c1ccc(C(C(=O)O)N2CCNCC2)s1. The van der Waals surface area contributed by atoms with E-state index in [4.69, 9.17) is 0 Å². The van der Waals surface area contributed by atoms with E-state index in [2.05, 4.69) is 37.1 Å². The van der Waals surface area contributed by atoms with Gasteiger partial charge in [0.15, 0.2) is 0 Å². The monoisotopic (exact) mass is 282 g/mol. The third kappa shape index (κ3) is 3.35. The van der Waals surface area contributed by atoms with E-state index < -0.39 is 12.0 Å². The van der Waals surface area contributed by atoms with Gasteiger partial charge in [-0.05, 0) is 17.5 Å².